The summed E-state index contributed by atoms with van der Waals surface area (Å²) in [4.78, 5) is 14.2. The van der Waals surface area contributed by atoms with Gasteiger partial charge in [0.15, 0.2) is 0 Å². The second kappa shape index (κ2) is 3.40. The number of carboxylic acid groups (broad SMARTS) is 1. The number of ether oxygens (including phenoxy) is 1. The third-order valence-electron chi connectivity index (χ3n) is 1.30. The zero-order valence-corrected chi connectivity index (χ0v) is 7.00. The highest BCUT2D eigenvalue weighted by Gasteiger charge is 2.15. The summed E-state index contributed by atoms with van der Waals surface area (Å²) in [5.41, 5.74) is -0.110. The summed E-state index contributed by atoms with van der Waals surface area (Å²) in [6, 6.07) is 1.44. The van der Waals surface area contributed by atoms with Crippen LogP contribution >= 0.6 is 11.6 Å². The van der Waals surface area contributed by atoms with Crippen LogP contribution in [0.25, 0.3) is 0 Å². The van der Waals surface area contributed by atoms with E-state index < -0.39 is 5.97 Å². The molecule has 1 aromatic rings. The lowest BCUT2D eigenvalue weighted by atomic mass is 10.2. The van der Waals surface area contributed by atoms with Crippen molar-refractivity contribution in [2.45, 2.75) is 0 Å². The van der Waals surface area contributed by atoms with Gasteiger partial charge in [0.2, 0.25) is 0 Å². The molecule has 4 nitrogen and oxygen atoms in total. The Kier molecular flexibility index (Phi) is 2.50. The van der Waals surface area contributed by atoms with E-state index in [9.17, 15) is 4.79 Å². The molecule has 5 heteroatoms. The fourth-order valence-corrected chi connectivity index (χ4v) is 1.01. The van der Waals surface area contributed by atoms with Crippen molar-refractivity contribution in [1.29, 1.82) is 0 Å². The molecule has 0 bridgehead atoms. The Morgan fingerprint density at radius 1 is 1.75 bits per heavy atom. The quantitative estimate of drug-likeness (QED) is 0.712. The number of methoxy groups -OCH3 is 1. The summed E-state index contributed by atoms with van der Waals surface area (Å²) in [5.74, 6) is -0.938. The van der Waals surface area contributed by atoms with E-state index in [-0.39, 0.29) is 16.5 Å². The topological polar surface area (TPSA) is 59.4 Å². The van der Waals surface area contributed by atoms with E-state index >= 15 is 0 Å². The first kappa shape index (κ1) is 8.80. The lowest BCUT2D eigenvalue weighted by molar-refractivity contribution is 0.0693. The maximum Gasteiger partial charge on any atom is 0.342 e. The number of hydrogen-bond donors (Lipinski definition) is 1. The van der Waals surface area contributed by atoms with Gasteiger partial charge in [0.1, 0.15) is 16.5 Å². The molecule has 0 aliphatic heterocycles. The van der Waals surface area contributed by atoms with Crippen LogP contribution in [-0.2, 0) is 0 Å². The Morgan fingerprint density at radius 3 is 2.83 bits per heavy atom. The molecule has 0 saturated carbocycles. The zero-order valence-electron chi connectivity index (χ0n) is 6.24. The molecule has 12 heavy (non-hydrogen) atoms. The lowest BCUT2D eigenvalue weighted by Crippen LogP contribution is -2.02. The highest BCUT2D eigenvalue weighted by molar-refractivity contribution is 6.32. The predicted octanol–water partition coefficient (Wildman–Crippen LogP) is 1.44. The van der Waals surface area contributed by atoms with E-state index in [1.165, 1.54) is 19.4 Å². The molecule has 0 atom stereocenters. The summed E-state index contributed by atoms with van der Waals surface area (Å²) < 4.78 is 4.78. The third-order valence-corrected chi connectivity index (χ3v) is 1.59. The van der Waals surface area contributed by atoms with Crippen LogP contribution in [0.1, 0.15) is 10.4 Å². The van der Waals surface area contributed by atoms with E-state index in [2.05, 4.69) is 4.98 Å². The molecule has 1 aromatic heterocycles. The van der Waals surface area contributed by atoms with Crippen LogP contribution in [0, 0.1) is 0 Å². The fraction of sp³-hybridized carbons (Fsp3) is 0.143. The molecule has 0 aliphatic carbocycles. The summed E-state index contributed by atoms with van der Waals surface area (Å²) in [5, 5.41) is 8.61. The normalized spacial score (nSPS) is 9.50. The fourth-order valence-electron chi connectivity index (χ4n) is 0.784. The summed E-state index contributed by atoms with van der Waals surface area (Å²) in [6.07, 6.45) is 1.38. The number of halogens is 1. The molecule has 1 rings (SSSR count). The smallest absolute Gasteiger partial charge is 0.342 e. The van der Waals surface area contributed by atoms with Crippen molar-refractivity contribution in [2.75, 3.05) is 7.11 Å². The zero-order chi connectivity index (χ0) is 9.14. The van der Waals surface area contributed by atoms with Gasteiger partial charge in [-0.15, -0.1) is 0 Å². The molecule has 0 unspecified atom stereocenters. The maximum absolute atomic E-state index is 10.6. The largest absolute Gasteiger partial charge is 0.496 e. The van der Waals surface area contributed by atoms with Crippen molar-refractivity contribution in [2.24, 2.45) is 0 Å². The van der Waals surface area contributed by atoms with Crippen molar-refractivity contribution >= 4 is 17.6 Å². The van der Waals surface area contributed by atoms with Crippen LogP contribution in [0.4, 0.5) is 0 Å². The minimum atomic E-state index is -1.15. The van der Waals surface area contributed by atoms with Crippen molar-refractivity contribution in [3.63, 3.8) is 0 Å². The van der Waals surface area contributed by atoms with E-state index in [0.29, 0.717) is 0 Å². The maximum atomic E-state index is 10.6. The first-order valence-electron chi connectivity index (χ1n) is 3.08. The SMILES string of the molecule is COc1ccnc(Cl)c1C(=O)O. The highest BCUT2D eigenvalue weighted by atomic mass is 35.5. The molecular formula is C7H6ClNO3. The number of pyridine rings is 1. The van der Waals surface area contributed by atoms with E-state index in [1.807, 2.05) is 0 Å². The lowest BCUT2D eigenvalue weighted by Gasteiger charge is -2.03. The van der Waals surface area contributed by atoms with Gasteiger partial charge in [-0.25, -0.2) is 9.78 Å². The second-order valence-corrected chi connectivity index (χ2v) is 2.34. The average Bonchev–Trinajstić information content (AvgIpc) is 2.03. The molecule has 64 valence electrons. The highest BCUT2D eigenvalue weighted by Crippen LogP contribution is 2.23. The molecule has 0 aliphatic rings. The molecule has 0 saturated heterocycles. The van der Waals surface area contributed by atoms with Crippen molar-refractivity contribution in [1.82, 2.24) is 4.98 Å². The van der Waals surface area contributed by atoms with Crippen LogP contribution in [0.5, 0.6) is 5.75 Å². The van der Waals surface area contributed by atoms with Crippen LogP contribution < -0.4 is 4.74 Å². The minimum Gasteiger partial charge on any atom is -0.496 e. The van der Waals surface area contributed by atoms with Gasteiger partial charge >= 0.3 is 5.97 Å². The molecule has 1 N–H and O–H groups in total. The molecule has 0 aromatic carbocycles. The van der Waals surface area contributed by atoms with E-state index in [0.717, 1.165) is 0 Å². The summed E-state index contributed by atoms with van der Waals surface area (Å²) in [7, 11) is 1.37. The van der Waals surface area contributed by atoms with E-state index in [1.54, 1.807) is 0 Å². The number of nitrogens with zero attached hydrogens (tertiary/aromatic N) is 1. The summed E-state index contributed by atoms with van der Waals surface area (Å²) in [6.45, 7) is 0. The number of hydrogen-bond acceptors (Lipinski definition) is 3. The van der Waals surface area contributed by atoms with Gasteiger partial charge in [0, 0.05) is 6.20 Å². The van der Waals surface area contributed by atoms with E-state index in [4.69, 9.17) is 21.4 Å². The molecule has 0 amide bonds. The Balaban J connectivity index is 3.29. The molecule has 0 spiro atoms. The Morgan fingerprint density at radius 2 is 2.42 bits per heavy atom. The number of aromatic nitrogens is 1. The second-order valence-electron chi connectivity index (χ2n) is 1.98. The van der Waals surface area contributed by atoms with Crippen LogP contribution in [0.15, 0.2) is 12.3 Å². The number of carboxylic acids is 1. The van der Waals surface area contributed by atoms with Gasteiger partial charge in [-0.05, 0) is 6.07 Å². The predicted molar refractivity (Wildman–Crippen MR) is 42.8 cm³/mol. The first-order valence-corrected chi connectivity index (χ1v) is 3.46. The van der Waals surface area contributed by atoms with Crippen molar-refractivity contribution < 1.29 is 14.6 Å². The average molecular weight is 188 g/mol. The number of aromatic carboxylic acids is 1. The molecule has 0 fully saturated rings. The molecular weight excluding hydrogens is 182 g/mol. The van der Waals surface area contributed by atoms with Gasteiger partial charge in [-0.1, -0.05) is 11.6 Å². The van der Waals surface area contributed by atoms with Gasteiger partial charge in [0.25, 0.3) is 0 Å². The Labute approximate surface area is 73.8 Å². The molecule has 0 radical (unpaired) electrons. The molecule has 1 heterocycles. The van der Waals surface area contributed by atoms with Gasteiger partial charge < -0.3 is 9.84 Å². The number of carbonyl (C=O) groups is 1. The third kappa shape index (κ3) is 1.48. The van der Waals surface area contributed by atoms with Crippen molar-refractivity contribution in [3.05, 3.63) is 23.0 Å². The Hall–Kier alpha value is -1.29. The minimum absolute atomic E-state index is 0.0677. The first-order chi connectivity index (χ1) is 5.66. The van der Waals surface area contributed by atoms with Gasteiger partial charge in [0.05, 0.1) is 7.11 Å². The Bertz CT molecular complexity index is 314. The van der Waals surface area contributed by atoms with Crippen LogP contribution in [0.2, 0.25) is 5.15 Å². The van der Waals surface area contributed by atoms with Crippen LogP contribution in [0.3, 0.4) is 0 Å². The standard InChI is InChI=1S/C7H6ClNO3/c1-12-4-2-3-9-6(8)5(4)7(10)11/h2-3H,1H3,(H,10,11). The van der Waals surface area contributed by atoms with Crippen LogP contribution in [-0.4, -0.2) is 23.2 Å². The van der Waals surface area contributed by atoms with Gasteiger partial charge in [-0.2, -0.15) is 0 Å². The van der Waals surface area contributed by atoms with Crippen molar-refractivity contribution in [3.8, 4) is 5.75 Å². The summed E-state index contributed by atoms with van der Waals surface area (Å²) >= 11 is 5.53. The van der Waals surface area contributed by atoms with Gasteiger partial charge in [-0.3, -0.25) is 0 Å². The number of rotatable bonds is 2. The monoisotopic (exact) mass is 187 g/mol.